The monoisotopic (exact) mass is 412 g/mol. The third-order valence-electron chi connectivity index (χ3n) is 3.90. The number of hydrogen-bond donors (Lipinski definition) is 2. The molecular formula is C15H33IN4O. The zero-order valence-electron chi connectivity index (χ0n) is 13.9. The molecule has 5 nitrogen and oxygen atoms in total. The van der Waals surface area contributed by atoms with Gasteiger partial charge in [-0.3, -0.25) is 4.99 Å². The fourth-order valence-corrected chi connectivity index (χ4v) is 2.62. The smallest absolute Gasteiger partial charge is 0.190 e. The molecule has 1 fully saturated rings. The number of rotatable bonds is 8. The van der Waals surface area contributed by atoms with Crippen molar-refractivity contribution in [3.8, 4) is 0 Å². The molecule has 0 saturated carbocycles. The molecule has 0 aromatic heterocycles. The van der Waals surface area contributed by atoms with Crippen LogP contribution in [-0.4, -0.2) is 63.8 Å². The first-order chi connectivity index (χ1) is 9.77. The van der Waals surface area contributed by atoms with Crippen LogP contribution in [0.5, 0.6) is 0 Å². The maximum Gasteiger partial charge on any atom is 0.190 e. The summed E-state index contributed by atoms with van der Waals surface area (Å²) in [7, 11) is 3.55. The van der Waals surface area contributed by atoms with Gasteiger partial charge in [-0.2, -0.15) is 0 Å². The highest BCUT2D eigenvalue weighted by atomic mass is 127. The van der Waals surface area contributed by atoms with Crippen molar-refractivity contribution >= 4 is 29.9 Å². The number of hydrogen-bond acceptors (Lipinski definition) is 3. The van der Waals surface area contributed by atoms with Crippen molar-refractivity contribution in [1.82, 2.24) is 15.5 Å². The Morgan fingerprint density at radius 2 is 1.95 bits per heavy atom. The molecule has 1 unspecified atom stereocenters. The van der Waals surface area contributed by atoms with Gasteiger partial charge in [0.05, 0.1) is 0 Å². The highest BCUT2D eigenvalue weighted by Gasteiger charge is 2.16. The third kappa shape index (κ3) is 9.52. The first-order valence-electron chi connectivity index (χ1n) is 7.95. The normalized spacial score (nSPS) is 20.0. The van der Waals surface area contributed by atoms with Gasteiger partial charge in [-0.25, -0.2) is 0 Å². The highest BCUT2D eigenvalue weighted by Crippen LogP contribution is 2.15. The van der Waals surface area contributed by atoms with Gasteiger partial charge in [0.25, 0.3) is 0 Å². The van der Waals surface area contributed by atoms with Crippen molar-refractivity contribution < 1.29 is 4.74 Å². The fraction of sp³-hybridized carbons (Fsp3) is 0.933. The summed E-state index contributed by atoms with van der Waals surface area (Å²) in [4.78, 5) is 6.84. The van der Waals surface area contributed by atoms with E-state index < -0.39 is 0 Å². The van der Waals surface area contributed by atoms with Crippen molar-refractivity contribution in [2.24, 2.45) is 4.99 Å². The van der Waals surface area contributed by atoms with Gasteiger partial charge in [-0.15, -0.1) is 24.0 Å². The van der Waals surface area contributed by atoms with Crippen molar-refractivity contribution in [3.05, 3.63) is 0 Å². The zero-order chi connectivity index (χ0) is 14.6. The Labute approximate surface area is 147 Å². The van der Waals surface area contributed by atoms with Crippen LogP contribution in [-0.2, 0) is 4.74 Å². The quantitative estimate of drug-likeness (QED) is 0.277. The minimum Gasteiger partial charge on any atom is -0.385 e. The lowest BCUT2D eigenvalue weighted by atomic mass is 10.0. The second-order valence-electron chi connectivity index (χ2n) is 5.51. The molecule has 126 valence electrons. The van der Waals surface area contributed by atoms with Crippen LogP contribution in [0.3, 0.4) is 0 Å². The lowest BCUT2D eigenvalue weighted by Gasteiger charge is -2.33. The maximum absolute atomic E-state index is 5.03. The van der Waals surface area contributed by atoms with Crippen LogP contribution in [0.1, 0.15) is 39.0 Å². The number of methoxy groups -OCH3 is 1. The van der Waals surface area contributed by atoms with Crippen LogP contribution >= 0.6 is 24.0 Å². The Bertz CT molecular complexity index is 276. The molecule has 1 heterocycles. The highest BCUT2D eigenvalue weighted by molar-refractivity contribution is 14.0. The van der Waals surface area contributed by atoms with Crippen LogP contribution < -0.4 is 10.6 Å². The second kappa shape index (κ2) is 13.6. The predicted octanol–water partition coefficient (Wildman–Crippen LogP) is 2.07. The second-order valence-corrected chi connectivity index (χ2v) is 5.51. The van der Waals surface area contributed by atoms with E-state index in [1.54, 1.807) is 7.11 Å². The van der Waals surface area contributed by atoms with E-state index in [2.05, 4.69) is 27.4 Å². The summed E-state index contributed by atoms with van der Waals surface area (Å²) in [5, 5.41) is 6.67. The zero-order valence-corrected chi connectivity index (χ0v) is 16.2. The van der Waals surface area contributed by atoms with Crippen LogP contribution in [0.4, 0.5) is 0 Å². The van der Waals surface area contributed by atoms with Gasteiger partial charge in [-0.1, -0.05) is 6.42 Å². The molecule has 6 heteroatoms. The average Bonchev–Trinajstić information content (AvgIpc) is 2.47. The molecule has 1 atom stereocenters. The molecule has 1 aliphatic heterocycles. The number of ether oxygens (including phenoxy) is 1. The number of halogens is 1. The number of piperidine rings is 1. The summed E-state index contributed by atoms with van der Waals surface area (Å²) in [5.41, 5.74) is 0. The Hall–Kier alpha value is -0.0800. The summed E-state index contributed by atoms with van der Waals surface area (Å²) in [6, 6.07) is 0.759. The van der Waals surface area contributed by atoms with Gasteiger partial charge in [-0.05, 0) is 39.2 Å². The molecule has 0 aromatic rings. The third-order valence-corrected chi connectivity index (χ3v) is 3.90. The topological polar surface area (TPSA) is 48.9 Å². The molecule has 1 rings (SSSR count). The summed E-state index contributed by atoms with van der Waals surface area (Å²) < 4.78 is 5.03. The summed E-state index contributed by atoms with van der Waals surface area (Å²) in [5.74, 6) is 0.896. The van der Waals surface area contributed by atoms with Gasteiger partial charge in [0.2, 0.25) is 0 Å². The van der Waals surface area contributed by atoms with Crippen molar-refractivity contribution in [1.29, 1.82) is 0 Å². The van der Waals surface area contributed by atoms with Gasteiger partial charge in [0, 0.05) is 46.4 Å². The number of aliphatic imine (C=N–C) groups is 1. The Morgan fingerprint density at radius 1 is 1.24 bits per heavy atom. The fourth-order valence-electron chi connectivity index (χ4n) is 2.62. The van der Waals surface area contributed by atoms with E-state index >= 15 is 0 Å². The van der Waals surface area contributed by atoms with Crippen LogP contribution in [0.25, 0.3) is 0 Å². The number of nitrogens with zero attached hydrogens (tertiary/aromatic N) is 2. The predicted molar refractivity (Wildman–Crippen MR) is 101 cm³/mol. The average molecular weight is 412 g/mol. The minimum atomic E-state index is 0. The summed E-state index contributed by atoms with van der Waals surface area (Å²) in [6.45, 7) is 7.48. The molecule has 0 radical (unpaired) electrons. The van der Waals surface area contributed by atoms with Gasteiger partial charge >= 0.3 is 0 Å². The van der Waals surface area contributed by atoms with E-state index in [1.807, 2.05) is 7.05 Å². The molecule has 0 aromatic carbocycles. The number of guanidine groups is 1. The van der Waals surface area contributed by atoms with Crippen molar-refractivity contribution in [3.63, 3.8) is 0 Å². The Balaban J connectivity index is 0.00000400. The molecule has 2 N–H and O–H groups in total. The maximum atomic E-state index is 5.03. The van der Waals surface area contributed by atoms with Gasteiger partial charge in [0.1, 0.15) is 0 Å². The molecular weight excluding hydrogens is 379 g/mol. The lowest BCUT2D eigenvalue weighted by molar-refractivity contribution is 0.159. The van der Waals surface area contributed by atoms with E-state index in [0.717, 1.165) is 38.1 Å². The van der Waals surface area contributed by atoms with E-state index in [4.69, 9.17) is 4.74 Å². The van der Waals surface area contributed by atoms with E-state index in [-0.39, 0.29) is 24.0 Å². The standard InChI is InChI=1S/C15H32N4O.HI/c1-14-8-4-5-11-19(14)12-6-9-17-15(16-2)18-10-7-13-20-3;/h14H,4-13H2,1-3H3,(H2,16,17,18);1H. The lowest BCUT2D eigenvalue weighted by Crippen LogP contribution is -2.41. The minimum absolute atomic E-state index is 0. The van der Waals surface area contributed by atoms with Crippen molar-refractivity contribution in [2.45, 2.75) is 45.1 Å². The molecule has 0 spiro atoms. The van der Waals surface area contributed by atoms with Crippen LogP contribution in [0.2, 0.25) is 0 Å². The van der Waals surface area contributed by atoms with Gasteiger partial charge in [0.15, 0.2) is 5.96 Å². The molecule has 1 aliphatic rings. The number of nitrogens with one attached hydrogen (secondary N) is 2. The van der Waals surface area contributed by atoms with Gasteiger partial charge < -0.3 is 20.3 Å². The molecule has 21 heavy (non-hydrogen) atoms. The summed E-state index contributed by atoms with van der Waals surface area (Å²) in [6.07, 6.45) is 6.29. The first kappa shape index (κ1) is 20.9. The van der Waals surface area contributed by atoms with Crippen LogP contribution in [0.15, 0.2) is 4.99 Å². The molecule has 1 saturated heterocycles. The molecule has 0 aliphatic carbocycles. The van der Waals surface area contributed by atoms with E-state index in [0.29, 0.717) is 0 Å². The Morgan fingerprint density at radius 3 is 2.57 bits per heavy atom. The van der Waals surface area contributed by atoms with Crippen molar-refractivity contribution in [2.75, 3.05) is 46.9 Å². The van der Waals surface area contributed by atoms with E-state index in [9.17, 15) is 0 Å². The van der Waals surface area contributed by atoms with Crippen LogP contribution in [0, 0.1) is 0 Å². The van der Waals surface area contributed by atoms with E-state index in [1.165, 1.54) is 38.8 Å². The molecule has 0 bridgehead atoms. The number of likely N-dealkylation sites (tertiary alicyclic amines) is 1. The SMILES string of the molecule is CN=C(NCCCOC)NCCCN1CCCCC1C.I. The Kier molecular flexibility index (Phi) is 13.5. The summed E-state index contributed by atoms with van der Waals surface area (Å²) >= 11 is 0. The first-order valence-corrected chi connectivity index (χ1v) is 7.95. The molecule has 0 amide bonds. The largest absolute Gasteiger partial charge is 0.385 e.